The first-order valence-corrected chi connectivity index (χ1v) is 3.93. The summed E-state index contributed by atoms with van der Waals surface area (Å²) in [4.78, 5) is 3.97. The van der Waals surface area contributed by atoms with Crippen LogP contribution in [-0.4, -0.2) is 12.5 Å². The highest BCUT2D eigenvalue weighted by Crippen LogP contribution is 2.02. The highest BCUT2D eigenvalue weighted by Gasteiger charge is 1.92. The van der Waals surface area contributed by atoms with Crippen molar-refractivity contribution >= 4 is 5.96 Å². The molecule has 0 atom stereocenters. The van der Waals surface area contributed by atoms with Crippen LogP contribution in [0.1, 0.15) is 26.7 Å². The lowest BCUT2D eigenvalue weighted by atomic mass is 10.1. The molecule has 0 spiro atoms. The summed E-state index contributed by atoms with van der Waals surface area (Å²) in [5.41, 5.74) is 7.58. The van der Waals surface area contributed by atoms with Crippen LogP contribution in [0.3, 0.4) is 0 Å². The zero-order chi connectivity index (χ0) is 8.69. The van der Waals surface area contributed by atoms with Crippen molar-refractivity contribution in [1.82, 2.24) is 5.43 Å². The van der Waals surface area contributed by atoms with Crippen molar-refractivity contribution in [2.75, 3.05) is 6.54 Å². The minimum absolute atomic E-state index is 0.314. The summed E-state index contributed by atoms with van der Waals surface area (Å²) in [5.74, 6) is 6.06. The molecular formula is C7H18N4. The third kappa shape index (κ3) is 7.12. The van der Waals surface area contributed by atoms with Crippen LogP contribution in [0.25, 0.3) is 0 Å². The summed E-state index contributed by atoms with van der Waals surface area (Å²) < 4.78 is 0. The Labute approximate surface area is 68.0 Å². The van der Waals surface area contributed by atoms with Crippen molar-refractivity contribution in [2.45, 2.75) is 26.7 Å². The molecule has 0 aromatic heterocycles. The minimum Gasteiger partial charge on any atom is -0.369 e. The van der Waals surface area contributed by atoms with Gasteiger partial charge in [0.25, 0.3) is 0 Å². The number of nitrogens with zero attached hydrogens (tertiary/aromatic N) is 1. The van der Waals surface area contributed by atoms with Crippen molar-refractivity contribution in [3.8, 4) is 0 Å². The lowest BCUT2D eigenvalue weighted by molar-refractivity contribution is 0.561. The molecule has 0 aliphatic heterocycles. The van der Waals surface area contributed by atoms with Gasteiger partial charge in [0.1, 0.15) is 0 Å². The smallest absolute Gasteiger partial charge is 0.203 e. The summed E-state index contributed by atoms with van der Waals surface area (Å²) in [5, 5.41) is 0. The van der Waals surface area contributed by atoms with E-state index in [-0.39, 0.29) is 0 Å². The van der Waals surface area contributed by atoms with Gasteiger partial charge in [-0.3, -0.25) is 10.4 Å². The van der Waals surface area contributed by atoms with E-state index in [4.69, 9.17) is 11.6 Å². The molecule has 0 amide bonds. The topological polar surface area (TPSA) is 76.4 Å². The van der Waals surface area contributed by atoms with Crippen LogP contribution in [0.4, 0.5) is 0 Å². The molecular weight excluding hydrogens is 140 g/mol. The highest BCUT2D eigenvalue weighted by molar-refractivity contribution is 5.76. The van der Waals surface area contributed by atoms with Crippen LogP contribution in [0.5, 0.6) is 0 Å². The molecule has 4 heteroatoms. The third-order valence-electron chi connectivity index (χ3n) is 1.37. The van der Waals surface area contributed by atoms with Crippen LogP contribution in [-0.2, 0) is 0 Å². The Bertz CT molecular complexity index is 120. The first kappa shape index (κ1) is 10.2. The molecule has 0 aromatic rings. The van der Waals surface area contributed by atoms with Crippen LogP contribution in [0.2, 0.25) is 0 Å². The normalized spacial score (nSPS) is 12.2. The van der Waals surface area contributed by atoms with E-state index in [9.17, 15) is 0 Å². The van der Waals surface area contributed by atoms with Gasteiger partial charge in [-0.05, 0) is 18.8 Å². The lowest BCUT2D eigenvalue weighted by Crippen LogP contribution is -2.37. The number of aliphatic imine (C=N–C) groups is 1. The maximum absolute atomic E-state index is 5.30. The Balaban J connectivity index is 3.26. The minimum atomic E-state index is 0.314. The number of nitrogens with two attached hydrogens (primary N) is 2. The van der Waals surface area contributed by atoms with Crippen LogP contribution in [0, 0.1) is 5.92 Å². The number of guanidine groups is 1. The second-order valence-corrected chi connectivity index (χ2v) is 2.95. The van der Waals surface area contributed by atoms with Gasteiger partial charge in [0.2, 0.25) is 5.96 Å². The molecule has 11 heavy (non-hydrogen) atoms. The van der Waals surface area contributed by atoms with E-state index < -0.39 is 0 Å². The predicted octanol–water partition coefficient (Wildman–Crippen LogP) is 0.201. The zero-order valence-corrected chi connectivity index (χ0v) is 7.30. The highest BCUT2D eigenvalue weighted by atomic mass is 15.3. The molecule has 0 aromatic carbocycles. The van der Waals surface area contributed by atoms with Gasteiger partial charge in [-0.15, -0.1) is 0 Å². The molecule has 0 fully saturated rings. The van der Waals surface area contributed by atoms with Gasteiger partial charge in [0, 0.05) is 6.54 Å². The Morgan fingerprint density at radius 3 is 2.64 bits per heavy atom. The number of rotatable bonds is 4. The average molecular weight is 158 g/mol. The Morgan fingerprint density at radius 2 is 2.18 bits per heavy atom. The molecule has 5 N–H and O–H groups in total. The van der Waals surface area contributed by atoms with E-state index in [1.54, 1.807) is 0 Å². The Hall–Kier alpha value is -0.770. The van der Waals surface area contributed by atoms with Crippen LogP contribution in [0.15, 0.2) is 4.99 Å². The largest absolute Gasteiger partial charge is 0.369 e. The van der Waals surface area contributed by atoms with Gasteiger partial charge >= 0.3 is 0 Å². The first-order valence-electron chi connectivity index (χ1n) is 3.93. The molecule has 0 saturated carbocycles. The second-order valence-electron chi connectivity index (χ2n) is 2.95. The standard InChI is InChI=1S/C7H18N4/c1-6(2)4-3-5-10-7(8)11-9/h6H,3-5,9H2,1-2H3,(H3,8,10,11). The summed E-state index contributed by atoms with van der Waals surface area (Å²) in [6.07, 6.45) is 2.25. The van der Waals surface area contributed by atoms with Crippen LogP contribution < -0.4 is 17.0 Å². The fourth-order valence-corrected chi connectivity index (χ4v) is 0.745. The third-order valence-corrected chi connectivity index (χ3v) is 1.37. The van der Waals surface area contributed by atoms with Crippen LogP contribution >= 0.6 is 0 Å². The van der Waals surface area contributed by atoms with Gasteiger partial charge in [-0.25, -0.2) is 5.84 Å². The fraction of sp³-hybridized carbons (Fsp3) is 0.857. The summed E-state index contributed by atoms with van der Waals surface area (Å²) in [6.45, 7) is 5.14. The Morgan fingerprint density at radius 1 is 1.55 bits per heavy atom. The Kier molecular flexibility index (Phi) is 5.56. The fourth-order valence-electron chi connectivity index (χ4n) is 0.745. The van der Waals surface area contributed by atoms with Gasteiger partial charge in [0.15, 0.2) is 0 Å². The maximum Gasteiger partial charge on any atom is 0.203 e. The van der Waals surface area contributed by atoms with Crippen molar-refractivity contribution < 1.29 is 0 Å². The molecule has 0 bridgehead atoms. The zero-order valence-electron chi connectivity index (χ0n) is 7.30. The first-order chi connectivity index (χ1) is 5.16. The van der Waals surface area contributed by atoms with E-state index in [2.05, 4.69) is 24.3 Å². The van der Waals surface area contributed by atoms with E-state index in [1.165, 1.54) is 6.42 Å². The molecule has 66 valence electrons. The van der Waals surface area contributed by atoms with Crippen molar-refractivity contribution in [2.24, 2.45) is 22.5 Å². The van der Waals surface area contributed by atoms with Crippen molar-refractivity contribution in [3.63, 3.8) is 0 Å². The lowest BCUT2D eigenvalue weighted by Gasteiger charge is -2.01. The number of hydrazine groups is 1. The van der Waals surface area contributed by atoms with E-state index in [0.29, 0.717) is 5.96 Å². The molecule has 0 aliphatic carbocycles. The van der Waals surface area contributed by atoms with Gasteiger partial charge in [-0.1, -0.05) is 13.8 Å². The quantitative estimate of drug-likeness (QED) is 0.180. The summed E-state index contributed by atoms with van der Waals surface area (Å²) in [7, 11) is 0. The molecule has 0 aliphatic rings. The predicted molar refractivity (Wildman–Crippen MR) is 47.9 cm³/mol. The van der Waals surface area contributed by atoms with Crippen molar-refractivity contribution in [1.29, 1.82) is 0 Å². The molecule has 0 unspecified atom stereocenters. The second kappa shape index (κ2) is 5.97. The SMILES string of the molecule is CC(C)CCCN=C(N)NN. The number of nitrogens with one attached hydrogen (secondary N) is 1. The number of hydrogen-bond donors (Lipinski definition) is 3. The number of hydrogen-bond acceptors (Lipinski definition) is 2. The maximum atomic E-state index is 5.30. The van der Waals surface area contributed by atoms with E-state index in [1.807, 2.05) is 0 Å². The van der Waals surface area contributed by atoms with Gasteiger partial charge in [-0.2, -0.15) is 0 Å². The average Bonchev–Trinajstić information content (AvgIpc) is 1.97. The molecule has 0 radical (unpaired) electrons. The molecule has 0 heterocycles. The van der Waals surface area contributed by atoms with E-state index in [0.717, 1.165) is 18.9 Å². The molecule has 0 saturated heterocycles. The molecule has 0 rings (SSSR count). The van der Waals surface area contributed by atoms with Crippen molar-refractivity contribution in [3.05, 3.63) is 0 Å². The summed E-state index contributed by atoms with van der Waals surface area (Å²) in [6, 6.07) is 0. The monoisotopic (exact) mass is 158 g/mol. The summed E-state index contributed by atoms with van der Waals surface area (Å²) >= 11 is 0. The van der Waals surface area contributed by atoms with Gasteiger partial charge < -0.3 is 5.73 Å². The van der Waals surface area contributed by atoms with Gasteiger partial charge in [0.05, 0.1) is 0 Å². The molecule has 4 nitrogen and oxygen atoms in total. The van der Waals surface area contributed by atoms with E-state index >= 15 is 0 Å².